The lowest BCUT2D eigenvalue weighted by Crippen LogP contribution is -2.47. The summed E-state index contributed by atoms with van der Waals surface area (Å²) in [6.45, 7) is 4.18. The zero-order valence-corrected chi connectivity index (χ0v) is 16.3. The number of benzene rings is 1. The highest BCUT2D eigenvalue weighted by atomic mass is 16.7. The molecular weight excluding hydrogens is 378 g/mol. The molecule has 5 N–H and O–H groups in total. The van der Waals surface area contributed by atoms with E-state index in [-0.39, 0.29) is 6.67 Å². The van der Waals surface area contributed by atoms with Crippen molar-refractivity contribution in [2.75, 3.05) is 13.3 Å². The Morgan fingerprint density at radius 2 is 2.03 bits per heavy atom. The molecule has 3 heterocycles. The van der Waals surface area contributed by atoms with E-state index in [4.69, 9.17) is 15.3 Å². The number of aliphatic hydroxyl groups is 3. The number of aliphatic hydroxyl groups excluding tert-OH is 3. The Labute approximate surface area is 167 Å². The van der Waals surface area contributed by atoms with Gasteiger partial charge in [-0.1, -0.05) is 18.2 Å². The molecule has 4 rings (SSSR count). The summed E-state index contributed by atoms with van der Waals surface area (Å²) in [6.07, 6.45) is -2.78. The van der Waals surface area contributed by atoms with Crippen LogP contribution in [-0.2, 0) is 16.2 Å². The van der Waals surface area contributed by atoms with E-state index in [1.54, 1.807) is 0 Å². The molecule has 29 heavy (non-hydrogen) atoms. The third-order valence-corrected chi connectivity index (χ3v) is 5.38. The van der Waals surface area contributed by atoms with Crippen molar-refractivity contribution in [1.82, 2.24) is 14.6 Å². The number of hydrogen-bond donors (Lipinski definition) is 4. The third kappa shape index (κ3) is 3.49. The van der Waals surface area contributed by atoms with Gasteiger partial charge >= 0.3 is 0 Å². The summed E-state index contributed by atoms with van der Waals surface area (Å²) in [5.74, 6) is 0.296. The lowest BCUT2D eigenvalue weighted by molar-refractivity contribution is -0.124. The number of rotatable bonds is 5. The highest BCUT2D eigenvalue weighted by Gasteiger charge is 2.43. The van der Waals surface area contributed by atoms with Crippen LogP contribution in [0.2, 0.25) is 0 Å². The maximum absolute atomic E-state index is 10.3. The highest BCUT2D eigenvalue weighted by Crippen LogP contribution is 2.27. The van der Waals surface area contributed by atoms with Crippen LogP contribution in [0.3, 0.4) is 0 Å². The van der Waals surface area contributed by atoms with E-state index in [0.717, 1.165) is 5.56 Å². The normalized spacial score (nSPS) is 26.5. The maximum Gasteiger partial charge on any atom is 0.165 e. The fraction of sp³-hybridized carbons (Fsp3) is 0.474. The van der Waals surface area contributed by atoms with Gasteiger partial charge in [-0.15, -0.1) is 0 Å². The van der Waals surface area contributed by atoms with Gasteiger partial charge < -0.3 is 25.8 Å². The molecule has 10 nitrogen and oxygen atoms in total. The molecule has 0 radical (unpaired) electrons. The standard InChI is InChI=1S/C19H25N5O5/c1-10-3-4-12(5-11(10)2)7-28-24-9-22-18-14(17(24)20)21-8-23(18)19-16(27)15(26)13(6-25)29-19/h3-5,8,13,15-16,19,25-27H,6-7,9,20H2,1-2H3/t13-,15-,16-,19-/m1/s1. The second-order valence-corrected chi connectivity index (χ2v) is 7.31. The number of hydrogen-bond acceptors (Lipinski definition) is 9. The molecule has 0 aliphatic carbocycles. The predicted octanol–water partition coefficient (Wildman–Crippen LogP) is -1.84. The number of nitrogens with zero attached hydrogens (tertiary/aromatic N) is 4. The fourth-order valence-electron chi connectivity index (χ4n) is 3.47. The molecule has 1 aromatic heterocycles. The number of hydroxylamine groups is 2. The van der Waals surface area contributed by atoms with Crippen LogP contribution in [0.5, 0.6) is 0 Å². The summed E-state index contributed by atoms with van der Waals surface area (Å²) >= 11 is 0. The first-order valence-electron chi connectivity index (χ1n) is 9.37. The molecule has 10 heteroatoms. The molecule has 2 aliphatic rings. The Morgan fingerprint density at radius 3 is 2.72 bits per heavy atom. The third-order valence-electron chi connectivity index (χ3n) is 5.38. The Balaban J connectivity index is 1.55. The molecule has 4 atom stereocenters. The Bertz CT molecular complexity index is 1020. The summed E-state index contributed by atoms with van der Waals surface area (Å²) in [4.78, 5) is 14.5. The first kappa shape index (κ1) is 19.8. The summed E-state index contributed by atoms with van der Waals surface area (Å²) in [7, 11) is 0. The number of nitrogens with two attached hydrogens (primary N) is 1. The summed E-state index contributed by atoms with van der Waals surface area (Å²) in [6, 6.07) is 6.11. The van der Waals surface area contributed by atoms with Crippen LogP contribution in [-0.4, -0.2) is 61.5 Å². The van der Waals surface area contributed by atoms with Crippen molar-refractivity contribution in [3.8, 4) is 0 Å². The molecule has 156 valence electrons. The minimum absolute atomic E-state index is 0.143. The second kappa shape index (κ2) is 7.73. The van der Waals surface area contributed by atoms with E-state index < -0.39 is 31.1 Å². The van der Waals surface area contributed by atoms with Crippen LogP contribution < -0.4 is 16.6 Å². The SMILES string of the molecule is Cc1ccc(CON2CN=c3c(ncn3[C@@H]3O[C@H](CO)[C@@H](O)[C@H]3O)=C2N)cc1C. The molecule has 1 saturated heterocycles. The maximum atomic E-state index is 10.3. The Kier molecular flexibility index (Phi) is 5.28. The van der Waals surface area contributed by atoms with Crippen molar-refractivity contribution < 1.29 is 24.9 Å². The second-order valence-electron chi connectivity index (χ2n) is 7.31. The first-order valence-corrected chi connectivity index (χ1v) is 9.37. The molecular formula is C19H25N5O5. The van der Waals surface area contributed by atoms with Crippen molar-refractivity contribution in [2.45, 2.75) is 45.0 Å². The van der Waals surface area contributed by atoms with Crippen LogP contribution in [0.25, 0.3) is 5.82 Å². The number of ether oxygens (including phenoxy) is 1. The van der Waals surface area contributed by atoms with Crippen LogP contribution in [0, 0.1) is 13.8 Å². The number of aromatic nitrogens is 2. The first-order chi connectivity index (χ1) is 13.9. The van der Waals surface area contributed by atoms with Gasteiger partial charge in [0, 0.05) is 0 Å². The van der Waals surface area contributed by atoms with Crippen molar-refractivity contribution >= 4 is 5.82 Å². The lowest BCUT2D eigenvalue weighted by Gasteiger charge is -2.24. The van der Waals surface area contributed by atoms with E-state index in [0.29, 0.717) is 23.3 Å². The molecule has 0 bridgehead atoms. The number of aryl methyl sites for hydroxylation is 2. The van der Waals surface area contributed by atoms with E-state index in [1.807, 2.05) is 19.1 Å². The molecule has 1 fully saturated rings. The van der Waals surface area contributed by atoms with Gasteiger partial charge in [0.1, 0.15) is 36.9 Å². The van der Waals surface area contributed by atoms with E-state index in [9.17, 15) is 15.3 Å². The minimum atomic E-state index is -1.22. The zero-order chi connectivity index (χ0) is 20.7. The van der Waals surface area contributed by atoms with Gasteiger partial charge in [-0.3, -0.25) is 9.40 Å². The summed E-state index contributed by atoms with van der Waals surface area (Å²) in [5.41, 5.74) is 10.1. The number of fused-ring (bicyclic) bond motifs is 1. The molecule has 0 saturated carbocycles. The fourth-order valence-corrected chi connectivity index (χ4v) is 3.47. The van der Waals surface area contributed by atoms with Gasteiger partial charge in [0.2, 0.25) is 0 Å². The zero-order valence-electron chi connectivity index (χ0n) is 16.3. The molecule has 1 aromatic carbocycles. The molecule has 0 spiro atoms. The monoisotopic (exact) mass is 403 g/mol. The van der Waals surface area contributed by atoms with E-state index >= 15 is 0 Å². The summed E-state index contributed by atoms with van der Waals surface area (Å²) < 4.78 is 7.06. The van der Waals surface area contributed by atoms with Gasteiger partial charge in [-0.2, -0.15) is 0 Å². The molecule has 0 unspecified atom stereocenters. The van der Waals surface area contributed by atoms with Gasteiger partial charge in [-0.25, -0.2) is 15.0 Å². The van der Waals surface area contributed by atoms with Crippen molar-refractivity contribution in [3.63, 3.8) is 0 Å². The van der Waals surface area contributed by atoms with Crippen molar-refractivity contribution in [1.29, 1.82) is 0 Å². The number of imidazole rings is 1. The Hall–Kier alpha value is -2.50. The molecule has 2 aromatic rings. The molecule has 0 amide bonds. The van der Waals surface area contributed by atoms with Crippen LogP contribution in [0.4, 0.5) is 0 Å². The van der Waals surface area contributed by atoms with Crippen LogP contribution in [0.1, 0.15) is 22.9 Å². The van der Waals surface area contributed by atoms with Crippen molar-refractivity contribution in [2.24, 2.45) is 10.7 Å². The Morgan fingerprint density at radius 1 is 1.24 bits per heavy atom. The smallest absolute Gasteiger partial charge is 0.165 e. The van der Waals surface area contributed by atoms with Gasteiger partial charge in [0.15, 0.2) is 17.5 Å². The quantitative estimate of drug-likeness (QED) is 0.457. The van der Waals surface area contributed by atoms with E-state index in [2.05, 4.69) is 23.0 Å². The summed E-state index contributed by atoms with van der Waals surface area (Å²) in [5, 5.41) is 31.4. The lowest BCUT2D eigenvalue weighted by atomic mass is 10.1. The highest BCUT2D eigenvalue weighted by molar-refractivity contribution is 5.35. The van der Waals surface area contributed by atoms with Gasteiger partial charge in [-0.05, 0) is 30.5 Å². The van der Waals surface area contributed by atoms with Crippen LogP contribution in [0.15, 0.2) is 29.5 Å². The average molecular weight is 403 g/mol. The topological polar surface area (TPSA) is 139 Å². The largest absolute Gasteiger partial charge is 0.394 e. The average Bonchev–Trinajstić information content (AvgIpc) is 3.26. The molecule has 2 aliphatic heterocycles. The predicted molar refractivity (Wildman–Crippen MR) is 101 cm³/mol. The van der Waals surface area contributed by atoms with Gasteiger partial charge in [0.05, 0.1) is 12.9 Å². The van der Waals surface area contributed by atoms with E-state index in [1.165, 1.54) is 27.1 Å². The van der Waals surface area contributed by atoms with Crippen molar-refractivity contribution in [3.05, 3.63) is 52.1 Å². The van der Waals surface area contributed by atoms with Gasteiger partial charge in [0.25, 0.3) is 0 Å². The minimum Gasteiger partial charge on any atom is -0.394 e. The van der Waals surface area contributed by atoms with Crippen LogP contribution >= 0.6 is 0 Å².